The number of aliphatic hydroxyl groups excluding tert-OH is 4. The van der Waals surface area contributed by atoms with Crippen molar-refractivity contribution in [3.63, 3.8) is 0 Å². The third-order valence-corrected chi connectivity index (χ3v) is 1.64. The third kappa shape index (κ3) is 1.97. The molecular formula is C6H12O5. The van der Waals surface area contributed by atoms with Gasteiger partial charge in [0.1, 0.15) is 12.0 Å². The molecule has 0 aliphatic carbocycles. The first-order valence-electron chi connectivity index (χ1n) is 3.13. The Kier molecular flexibility index (Phi) is 4.20. The van der Waals surface area contributed by atoms with Gasteiger partial charge in [-0.2, -0.15) is 0 Å². The lowest BCUT2D eigenvalue weighted by Gasteiger charge is -2.24. The van der Waals surface area contributed by atoms with Crippen LogP contribution in [0.5, 0.6) is 0 Å². The first-order chi connectivity index (χ1) is 5.16. The average Bonchev–Trinajstić information content (AvgIpc) is 2.08. The lowest BCUT2D eigenvalue weighted by Crippen LogP contribution is -2.43. The Morgan fingerprint density at radius 3 is 1.45 bits per heavy atom. The van der Waals surface area contributed by atoms with Crippen molar-refractivity contribution in [2.24, 2.45) is 5.41 Å². The fraction of sp³-hybridized carbons (Fsp3) is 0.833. The SMILES string of the molecule is O=C(CO)C(CO)(CO)CO. The van der Waals surface area contributed by atoms with E-state index in [2.05, 4.69) is 0 Å². The van der Waals surface area contributed by atoms with Crippen molar-refractivity contribution in [1.82, 2.24) is 0 Å². The van der Waals surface area contributed by atoms with Crippen LogP contribution in [0, 0.1) is 5.41 Å². The fourth-order valence-corrected chi connectivity index (χ4v) is 0.582. The minimum Gasteiger partial charge on any atom is -0.395 e. The molecular weight excluding hydrogens is 152 g/mol. The second-order valence-electron chi connectivity index (χ2n) is 2.34. The third-order valence-electron chi connectivity index (χ3n) is 1.64. The van der Waals surface area contributed by atoms with Crippen LogP contribution in [0.1, 0.15) is 0 Å². The molecule has 0 saturated heterocycles. The van der Waals surface area contributed by atoms with E-state index in [1.165, 1.54) is 0 Å². The van der Waals surface area contributed by atoms with Gasteiger partial charge in [-0.25, -0.2) is 0 Å². The largest absolute Gasteiger partial charge is 0.395 e. The Balaban J connectivity index is 4.39. The van der Waals surface area contributed by atoms with Gasteiger partial charge in [0, 0.05) is 0 Å². The molecule has 0 rings (SSSR count). The molecule has 5 heteroatoms. The molecule has 0 unspecified atom stereocenters. The summed E-state index contributed by atoms with van der Waals surface area (Å²) in [6, 6.07) is 0. The number of aliphatic hydroxyl groups is 4. The summed E-state index contributed by atoms with van der Waals surface area (Å²) < 4.78 is 0. The standard InChI is InChI=1S/C6H12O5/c7-1-5(11)6(2-8,3-9)4-10/h7-10H,1-4H2. The van der Waals surface area contributed by atoms with Gasteiger partial charge in [0.2, 0.25) is 0 Å². The minimum absolute atomic E-state index is 0.667. The summed E-state index contributed by atoms with van der Waals surface area (Å²) in [6.45, 7) is -2.79. The molecule has 0 bridgehead atoms. The molecule has 0 radical (unpaired) electrons. The minimum atomic E-state index is -1.59. The Bertz CT molecular complexity index is 121. The monoisotopic (exact) mass is 164 g/mol. The molecule has 0 aliphatic heterocycles. The smallest absolute Gasteiger partial charge is 0.171 e. The number of hydrogen-bond donors (Lipinski definition) is 4. The fourth-order valence-electron chi connectivity index (χ4n) is 0.582. The molecule has 0 atom stereocenters. The highest BCUT2D eigenvalue weighted by atomic mass is 16.3. The van der Waals surface area contributed by atoms with Crippen LogP contribution >= 0.6 is 0 Å². The summed E-state index contributed by atoms with van der Waals surface area (Å²) in [5.41, 5.74) is -1.59. The van der Waals surface area contributed by atoms with Gasteiger partial charge in [0.15, 0.2) is 5.78 Å². The summed E-state index contributed by atoms with van der Waals surface area (Å²) >= 11 is 0. The molecule has 0 amide bonds. The van der Waals surface area contributed by atoms with Gasteiger partial charge < -0.3 is 20.4 Å². The summed E-state index contributed by atoms with van der Waals surface area (Å²) in [5, 5.41) is 34.3. The lowest BCUT2D eigenvalue weighted by molar-refractivity contribution is -0.140. The van der Waals surface area contributed by atoms with E-state index in [1.54, 1.807) is 0 Å². The van der Waals surface area contributed by atoms with Crippen molar-refractivity contribution in [2.45, 2.75) is 0 Å². The Morgan fingerprint density at radius 1 is 1.00 bits per heavy atom. The van der Waals surface area contributed by atoms with Crippen molar-refractivity contribution in [2.75, 3.05) is 26.4 Å². The molecule has 0 aliphatic rings. The average molecular weight is 164 g/mol. The zero-order chi connectivity index (χ0) is 8.91. The predicted octanol–water partition coefficient (Wildman–Crippen LogP) is -2.49. The maximum atomic E-state index is 10.8. The van der Waals surface area contributed by atoms with Crippen LogP contribution in [-0.2, 0) is 4.79 Å². The van der Waals surface area contributed by atoms with Gasteiger partial charge in [-0.1, -0.05) is 0 Å². The maximum absolute atomic E-state index is 10.8. The molecule has 11 heavy (non-hydrogen) atoms. The summed E-state index contributed by atoms with van der Waals surface area (Å²) in [4.78, 5) is 10.8. The van der Waals surface area contributed by atoms with Crippen molar-refractivity contribution in [3.05, 3.63) is 0 Å². The molecule has 5 nitrogen and oxygen atoms in total. The number of rotatable bonds is 5. The van der Waals surface area contributed by atoms with E-state index in [1.807, 2.05) is 0 Å². The van der Waals surface area contributed by atoms with Gasteiger partial charge >= 0.3 is 0 Å². The van der Waals surface area contributed by atoms with E-state index in [-0.39, 0.29) is 0 Å². The predicted molar refractivity (Wildman–Crippen MR) is 35.8 cm³/mol. The maximum Gasteiger partial charge on any atom is 0.171 e. The highest BCUT2D eigenvalue weighted by Crippen LogP contribution is 2.15. The highest BCUT2D eigenvalue weighted by molar-refractivity contribution is 5.86. The Hall–Kier alpha value is -0.490. The molecule has 0 aromatic rings. The van der Waals surface area contributed by atoms with Crippen LogP contribution in [-0.4, -0.2) is 52.6 Å². The van der Waals surface area contributed by atoms with Crippen LogP contribution in [0.2, 0.25) is 0 Å². The van der Waals surface area contributed by atoms with Gasteiger partial charge in [-0.05, 0) is 0 Å². The molecule has 66 valence electrons. The first-order valence-corrected chi connectivity index (χ1v) is 3.13. The van der Waals surface area contributed by atoms with E-state index in [0.29, 0.717) is 0 Å². The Morgan fingerprint density at radius 2 is 1.36 bits per heavy atom. The number of ketones is 1. The van der Waals surface area contributed by atoms with Crippen molar-refractivity contribution in [3.8, 4) is 0 Å². The van der Waals surface area contributed by atoms with Gasteiger partial charge in [0.05, 0.1) is 19.8 Å². The molecule has 4 N–H and O–H groups in total. The lowest BCUT2D eigenvalue weighted by atomic mass is 9.86. The van der Waals surface area contributed by atoms with Crippen molar-refractivity contribution in [1.29, 1.82) is 0 Å². The van der Waals surface area contributed by atoms with Crippen molar-refractivity contribution >= 4 is 5.78 Å². The molecule has 0 spiro atoms. The van der Waals surface area contributed by atoms with Crippen LogP contribution in [0.25, 0.3) is 0 Å². The van der Waals surface area contributed by atoms with Crippen LogP contribution in [0.4, 0.5) is 0 Å². The summed E-state index contributed by atoms with van der Waals surface area (Å²) in [7, 11) is 0. The zero-order valence-electron chi connectivity index (χ0n) is 6.03. The van der Waals surface area contributed by atoms with Gasteiger partial charge in [-0.3, -0.25) is 4.79 Å². The topological polar surface area (TPSA) is 98.0 Å². The van der Waals surface area contributed by atoms with Crippen LogP contribution in [0.3, 0.4) is 0 Å². The van der Waals surface area contributed by atoms with E-state index in [4.69, 9.17) is 20.4 Å². The van der Waals surface area contributed by atoms with Gasteiger partial charge in [0.25, 0.3) is 0 Å². The van der Waals surface area contributed by atoms with E-state index in [0.717, 1.165) is 0 Å². The summed E-state index contributed by atoms with van der Waals surface area (Å²) in [6.07, 6.45) is 0. The van der Waals surface area contributed by atoms with Crippen LogP contribution < -0.4 is 0 Å². The normalized spacial score (nSPS) is 11.6. The highest BCUT2D eigenvalue weighted by Gasteiger charge is 2.35. The van der Waals surface area contributed by atoms with E-state index < -0.39 is 37.6 Å². The van der Waals surface area contributed by atoms with Crippen LogP contribution in [0.15, 0.2) is 0 Å². The first kappa shape index (κ1) is 10.5. The number of carbonyl (C=O) groups is 1. The summed E-state index contributed by atoms with van der Waals surface area (Å²) in [5.74, 6) is -0.759. The van der Waals surface area contributed by atoms with E-state index in [9.17, 15) is 4.79 Å². The zero-order valence-corrected chi connectivity index (χ0v) is 6.03. The Labute approximate surface area is 63.9 Å². The molecule has 0 saturated carbocycles. The van der Waals surface area contributed by atoms with Crippen molar-refractivity contribution < 1.29 is 25.2 Å². The number of Topliss-reactive ketones (excluding diaryl/α,β-unsaturated/α-hetero) is 1. The van der Waals surface area contributed by atoms with Gasteiger partial charge in [-0.15, -0.1) is 0 Å². The molecule has 0 fully saturated rings. The second-order valence-corrected chi connectivity index (χ2v) is 2.34. The second kappa shape index (κ2) is 4.40. The quantitative estimate of drug-likeness (QED) is 0.360. The molecule has 0 aromatic carbocycles. The number of hydrogen-bond acceptors (Lipinski definition) is 5. The van der Waals surface area contributed by atoms with E-state index >= 15 is 0 Å². The number of carbonyl (C=O) groups excluding carboxylic acids is 1. The molecule has 0 heterocycles. The molecule has 0 aromatic heterocycles.